The van der Waals surface area contributed by atoms with Crippen LogP contribution < -0.4 is 5.32 Å². The Morgan fingerprint density at radius 2 is 2.17 bits per heavy atom. The fourth-order valence-corrected chi connectivity index (χ4v) is 4.19. The van der Waals surface area contributed by atoms with E-state index in [1.807, 2.05) is 0 Å². The van der Waals surface area contributed by atoms with E-state index >= 15 is 0 Å². The molecule has 0 aliphatic carbocycles. The molecule has 1 rings (SSSR count). The minimum absolute atomic E-state index is 0.0985. The van der Waals surface area contributed by atoms with Crippen LogP contribution in [0.2, 0.25) is 0 Å². The molecule has 102 valence electrons. The number of rotatable bonds is 6. The first-order valence-corrected chi connectivity index (χ1v) is 7.56. The number of sulfonamides is 1. The van der Waals surface area contributed by atoms with Crippen LogP contribution in [0.5, 0.6) is 0 Å². The monoisotopic (exact) mass is 292 g/mol. The number of aromatic carboxylic acids is 1. The van der Waals surface area contributed by atoms with Crippen LogP contribution in [0.1, 0.15) is 15.2 Å². The highest BCUT2D eigenvalue weighted by atomic mass is 32.2. The maximum atomic E-state index is 12.3. The highest BCUT2D eigenvalue weighted by Gasteiger charge is 2.29. The lowest BCUT2D eigenvalue weighted by Gasteiger charge is -2.17. The lowest BCUT2D eigenvalue weighted by Crippen LogP contribution is -2.33. The third kappa shape index (κ3) is 2.89. The van der Waals surface area contributed by atoms with Crippen molar-refractivity contribution in [2.45, 2.75) is 11.8 Å². The third-order valence-corrected chi connectivity index (χ3v) is 5.72. The summed E-state index contributed by atoms with van der Waals surface area (Å²) in [7, 11) is -0.590. The van der Waals surface area contributed by atoms with Crippen molar-refractivity contribution in [1.82, 2.24) is 9.62 Å². The van der Waals surface area contributed by atoms with Gasteiger partial charge < -0.3 is 10.4 Å². The molecule has 0 radical (unpaired) electrons. The average molecular weight is 292 g/mol. The van der Waals surface area contributed by atoms with Crippen LogP contribution in [0, 0.1) is 6.92 Å². The molecule has 6 nitrogen and oxygen atoms in total. The molecule has 0 saturated carbocycles. The molecule has 0 aromatic carbocycles. The number of hydrogen-bond acceptors (Lipinski definition) is 5. The topological polar surface area (TPSA) is 86.7 Å². The lowest BCUT2D eigenvalue weighted by molar-refractivity contribution is 0.0698. The second kappa shape index (κ2) is 5.79. The molecular weight excluding hydrogens is 276 g/mol. The summed E-state index contributed by atoms with van der Waals surface area (Å²) >= 11 is 0.931. The number of thiophene rings is 1. The van der Waals surface area contributed by atoms with Crippen molar-refractivity contribution in [3.63, 3.8) is 0 Å². The van der Waals surface area contributed by atoms with E-state index in [1.165, 1.54) is 7.05 Å². The van der Waals surface area contributed by atoms with Crippen molar-refractivity contribution in [2.75, 3.05) is 27.2 Å². The number of likely N-dealkylation sites (N-methyl/N-ethyl adjacent to an activating group) is 2. The zero-order valence-electron chi connectivity index (χ0n) is 10.4. The van der Waals surface area contributed by atoms with Crippen LogP contribution in [-0.4, -0.2) is 51.0 Å². The molecule has 0 aliphatic rings. The number of nitrogens with zero attached hydrogens (tertiary/aromatic N) is 1. The van der Waals surface area contributed by atoms with E-state index in [0.29, 0.717) is 12.1 Å². The van der Waals surface area contributed by atoms with Gasteiger partial charge in [-0.3, -0.25) is 0 Å². The molecule has 0 atom stereocenters. The summed E-state index contributed by atoms with van der Waals surface area (Å²) in [6.07, 6.45) is 0. The van der Waals surface area contributed by atoms with Crippen molar-refractivity contribution in [1.29, 1.82) is 0 Å². The Hall–Kier alpha value is -0.960. The summed E-state index contributed by atoms with van der Waals surface area (Å²) in [6.45, 7) is 2.39. The number of hydrogen-bond donors (Lipinski definition) is 2. The second-order valence-electron chi connectivity index (χ2n) is 3.81. The normalized spacial score (nSPS) is 12.0. The predicted octanol–water partition coefficient (Wildman–Crippen LogP) is 0.595. The number of carboxylic acids is 1. The van der Waals surface area contributed by atoms with Crippen LogP contribution in [0.4, 0.5) is 0 Å². The van der Waals surface area contributed by atoms with Gasteiger partial charge in [-0.1, -0.05) is 0 Å². The van der Waals surface area contributed by atoms with E-state index in [-0.39, 0.29) is 16.3 Å². The number of carbonyl (C=O) groups is 1. The van der Waals surface area contributed by atoms with Crippen LogP contribution >= 0.6 is 11.3 Å². The van der Waals surface area contributed by atoms with Crippen LogP contribution in [0.3, 0.4) is 0 Å². The molecule has 0 spiro atoms. The Bertz CT molecular complexity index is 536. The first-order valence-electron chi connectivity index (χ1n) is 5.24. The van der Waals surface area contributed by atoms with Gasteiger partial charge in [0, 0.05) is 20.1 Å². The van der Waals surface area contributed by atoms with Crippen molar-refractivity contribution >= 4 is 27.3 Å². The highest BCUT2D eigenvalue weighted by molar-refractivity contribution is 7.89. The molecule has 0 unspecified atom stereocenters. The van der Waals surface area contributed by atoms with E-state index in [4.69, 9.17) is 5.11 Å². The van der Waals surface area contributed by atoms with Crippen molar-refractivity contribution in [3.8, 4) is 0 Å². The van der Waals surface area contributed by atoms with Gasteiger partial charge in [-0.15, -0.1) is 11.3 Å². The molecule has 8 heteroatoms. The minimum atomic E-state index is -3.75. The fraction of sp³-hybridized carbons (Fsp3) is 0.500. The van der Waals surface area contributed by atoms with Crippen molar-refractivity contribution in [2.24, 2.45) is 0 Å². The fourth-order valence-electron chi connectivity index (χ4n) is 1.45. The third-order valence-electron chi connectivity index (χ3n) is 2.46. The van der Waals surface area contributed by atoms with Gasteiger partial charge in [-0.05, 0) is 24.9 Å². The van der Waals surface area contributed by atoms with Gasteiger partial charge in [0.15, 0.2) is 0 Å². The average Bonchev–Trinajstić information content (AvgIpc) is 2.68. The molecule has 0 fully saturated rings. The largest absolute Gasteiger partial charge is 0.477 e. The predicted molar refractivity (Wildman–Crippen MR) is 69.8 cm³/mol. The molecule has 0 bridgehead atoms. The van der Waals surface area contributed by atoms with Gasteiger partial charge in [-0.2, -0.15) is 4.31 Å². The molecule has 1 aromatic rings. The molecule has 0 saturated heterocycles. The van der Waals surface area contributed by atoms with E-state index < -0.39 is 16.0 Å². The van der Waals surface area contributed by atoms with Gasteiger partial charge in [0.1, 0.15) is 9.77 Å². The summed E-state index contributed by atoms with van der Waals surface area (Å²) in [4.78, 5) is 10.8. The highest BCUT2D eigenvalue weighted by Crippen LogP contribution is 2.28. The molecule has 18 heavy (non-hydrogen) atoms. The van der Waals surface area contributed by atoms with E-state index in [0.717, 1.165) is 15.6 Å². The van der Waals surface area contributed by atoms with Crippen molar-refractivity contribution < 1.29 is 18.3 Å². The zero-order chi connectivity index (χ0) is 13.9. The van der Waals surface area contributed by atoms with Gasteiger partial charge in [0.25, 0.3) is 0 Å². The molecule has 0 aliphatic heterocycles. The summed E-state index contributed by atoms with van der Waals surface area (Å²) in [5.41, 5.74) is 0.466. The maximum absolute atomic E-state index is 12.3. The summed E-state index contributed by atoms with van der Waals surface area (Å²) < 4.78 is 25.7. The maximum Gasteiger partial charge on any atom is 0.347 e. The Balaban J connectivity index is 3.20. The first-order chi connectivity index (χ1) is 8.32. The summed E-state index contributed by atoms with van der Waals surface area (Å²) in [5, 5.41) is 13.4. The Labute approximate surface area is 110 Å². The molecule has 2 N–H and O–H groups in total. The smallest absolute Gasteiger partial charge is 0.347 e. The number of nitrogens with one attached hydrogen (secondary N) is 1. The molecule has 1 aromatic heterocycles. The van der Waals surface area contributed by atoms with E-state index in [9.17, 15) is 13.2 Å². The Kier molecular flexibility index (Phi) is 4.85. The summed E-state index contributed by atoms with van der Waals surface area (Å²) in [6, 6.07) is 0. The number of carboxylic acid groups (broad SMARTS) is 1. The van der Waals surface area contributed by atoms with Crippen LogP contribution in [-0.2, 0) is 10.0 Å². The zero-order valence-corrected chi connectivity index (χ0v) is 12.1. The molecule has 1 heterocycles. The van der Waals surface area contributed by atoms with Gasteiger partial charge in [-0.25, -0.2) is 13.2 Å². The van der Waals surface area contributed by atoms with E-state index in [2.05, 4.69) is 5.32 Å². The second-order valence-corrected chi connectivity index (χ2v) is 6.67. The lowest BCUT2D eigenvalue weighted by atomic mass is 10.3. The SMILES string of the molecule is CNCCN(C)S(=O)(=O)c1c(C)csc1C(=O)O. The van der Waals surface area contributed by atoms with Crippen LogP contribution in [0.25, 0.3) is 0 Å². The minimum Gasteiger partial charge on any atom is -0.477 e. The van der Waals surface area contributed by atoms with Crippen molar-refractivity contribution in [3.05, 3.63) is 15.8 Å². The Morgan fingerprint density at radius 1 is 1.56 bits per heavy atom. The molecule has 0 amide bonds. The Morgan fingerprint density at radius 3 is 2.67 bits per heavy atom. The van der Waals surface area contributed by atoms with Gasteiger partial charge >= 0.3 is 5.97 Å². The number of aryl methyl sites for hydroxylation is 1. The first kappa shape index (κ1) is 15.1. The quantitative estimate of drug-likeness (QED) is 0.801. The molecular formula is C10H16N2O4S2. The standard InChI is InChI=1S/C10H16N2O4S2/c1-7-6-17-8(10(13)14)9(7)18(15,16)12(3)5-4-11-2/h6,11H,4-5H2,1-3H3,(H,13,14). The van der Waals surface area contributed by atoms with Gasteiger partial charge in [0.2, 0.25) is 10.0 Å². The van der Waals surface area contributed by atoms with Gasteiger partial charge in [0.05, 0.1) is 0 Å². The summed E-state index contributed by atoms with van der Waals surface area (Å²) in [5.74, 6) is -1.21. The van der Waals surface area contributed by atoms with Crippen LogP contribution in [0.15, 0.2) is 10.3 Å². The van der Waals surface area contributed by atoms with E-state index in [1.54, 1.807) is 19.4 Å².